The average Bonchev–Trinajstić information content (AvgIpc) is 2.78. The number of rotatable bonds is 6. The van der Waals surface area contributed by atoms with Crippen LogP contribution in [-0.2, 0) is 0 Å². The van der Waals surface area contributed by atoms with Crippen LogP contribution >= 0.6 is 0 Å². The molecular weight excluding hydrogens is 378 g/mol. The second-order valence-electron chi connectivity index (χ2n) is 6.98. The first-order chi connectivity index (χ1) is 14.4. The summed E-state index contributed by atoms with van der Waals surface area (Å²) in [6.45, 7) is 1.91. The van der Waals surface area contributed by atoms with Gasteiger partial charge in [-0.25, -0.2) is 0 Å². The summed E-state index contributed by atoms with van der Waals surface area (Å²) in [5.74, 6) is -0.915. The summed E-state index contributed by atoms with van der Waals surface area (Å²) in [6, 6.07) is 22.4. The third-order valence-corrected chi connectivity index (χ3v) is 4.98. The van der Waals surface area contributed by atoms with Gasteiger partial charge in [0.05, 0.1) is 6.04 Å². The molecular formula is C24H23N3O3. The minimum Gasteiger partial charge on any atom is -0.366 e. The lowest BCUT2D eigenvalue weighted by atomic mass is 10.0. The van der Waals surface area contributed by atoms with Crippen LogP contribution in [0.15, 0.2) is 78.9 Å². The van der Waals surface area contributed by atoms with Gasteiger partial charge in [-0.1, -0.05) is 30.3 Å². The summed E-state index contributed by atoms with van der Waals surface area (Å²) >= 11 is 0. The highest BCUT2D eigenvalue weighted by molar-refractivity contribution is 6.04. The number of carbonyl (C=O) groups is 3. The van der Waals surface area contributed by atoms with Gasteiger partial charge in [0.15, 0.2) is 0 Å². The van der Waals surface area contributed by atoms with Crippen molar-refractivity contribution in [2.45, 2.75) is 13.0 Å². The number of hydrogen-bond acceptors (Lipinski definition) is 3. The molecule has 0 spiro atoms. The van der Waals surface area contributed by atoms with Crippen molar-refractivity contribution in [3.8, 4) is 0 Å². The van der Waals surface area contributed by atoms with Gasteiger partial charge in [-0.15, -0.1) is 0 Å². The number of nitrogens with one attached hydrogen (secondary N) is 1. The number of amides is 3. The molecule has 0 saturated heterocycles. The van der Waals surface area contributed by atoms with E-state index in [4.69, 9.17) is 5.73 Å². The van der Waals surface area contributed by atoms with Crippen LogP contribution < -0.4 is 11.1 Å². The predicted octanol–water partition coefficient (Wildman–Crippen LogP) is 3.87. The molecule has 0 fully saturated rings. The van der Waals surface area contributed by atoms with E-state index >= 15 is 0 Å². The van der Waals surface area contributed by atoms with E-state index in [2.05, 4.69) is 5.32 Å². The smallest absolute Gasteiger partial charge is 0.255 e. The van der Waals surface area contributed by atoms with Crippen molar-refractivity contribution >= 4 is 23.4 Å². The van der Waals surface area contributed by atoms with E-state index in [-0.39, 0.29) is 17.9 Å². The van der Waals surface area contributed by atoms with Gasteiger partial charge in [-0.05, 0) is 61.0 Å². The maximum Gasteiger partial charge on any atom is 0.255 e. The van der Waals surface area contributed by atoms with Crippen molar-refractivity contribution in [3.63, 3.8) is 0 Å². The number of hydrogen-bond donors (Lipinski definition) is 2. The molecule has 0 aliphatic heterocycles. The van der Waals surface area contributed by atoms with E-state index in [0.29, 0.717) is 22.4 Å². The molecule has 0 heterocycles. The standard InChI is InChI=1S/C24H23N3O3/c1-16(27(2)24(30)19-13-11-17(12-14-19)22(25)28)20-9-6-10-21(15-20)26-23(29)18-7-4-3-5-8-18/h3-16H,1-2H3,(H2,25,28)(H,26,29). The first-order valence-electron chi connectivity index (χ1n) is 9.50. The SMILES string of the molecule is CC(c1cccc(NC(=O)c2ccccc2)c1)N(C)C(=O)c1ccc(C(N)=O)cc1. The largest absolute Gasteiger partial charge is 0.366 e. The molecule has 0 saturated carbocycles. The zero-order valence-corrected chi connectivity index (χ0v) is 16.8. The Morgan fingerprint density at radius 2 is 1.47 bits per heavy atom. The molecule has 1 atom stereocenters. The highest BCUT2D eigenvalue weighted by atomic mass is 16.2. The quantitative estimate of drug-likeness (QED) is 0.657. The molecule has 152 valence electrons. The van der Waals surface area contributed by atoms with Gasteiger partial charge in [0.2, 0.25) is 5.91 Å². The second kappa shape index (κ2) is 9.05. The molecule has 0 aromatic heterocycles. The Hall–Kier alpha value is -3.93. The van der Waals surface area contributed by atoms with E-state index in [0.717, 1.165) is 5.56 Å². The molecule has 3 amide bonds. The van der Waals surface area contributed by atoms with Crippen LogP contribution in [0.25, 0.3) is 0 Å². The molecule has 6 nitrogen and oxygen atoms in total. The summed E-state index contributed by atoms with van der Waals surface area (Å²) in [5.41, 5.74) is 8.16. The van der Waals surface area contributed by atoms with Crippen LogP contribution in [0.4, 0.5) is 5.69 Å². The third-order valence-electron chi connectivity index (χ3n) is 4.98. The maximum absolute atomic E-state index is 12.8. The zero-order valence-electron chi connectivity index (χ0n) is 16.8. The fourth-order valence-electron chi connectivity index (χ4n) is 3.05. The number of anilines is 1. The Morgan fingerprint density at radius 3 is 2.10 bits per heavy atom. The van der Waals surface area contributed by atoms with E-state index in [1.54, 1.807) is 42.3 Å². The monoisotopic (exact) mass is 401 g/mol. The maximum atomic E-state index is 12.8. The minimum absolute atomic E-state index is 0.183. The Bertz CT molecular complexity index is 1060. The molecule has 0 radical (unpaired) electrons. The van der Waals surface area contributed by atoms with Crippen LogP contribution in [0.5, 0.6) is 0 Å². The number of carbonyl (C=O) groups excluding carboxylic acids is 3. The van der Waals surface area contributed by atoms with Gasteiger partial charge >= 0.3 is 0 Å². The summed E-state index contributed by atoms with van der Waals surface area (Å²) in [5, 5.41) is 2.88. The molecule has 0 aliphatic carbocycles. The van der Waals surface area contributed by atoms with Crippen LogP contribution in [-0.4, -0.2) is 29.7 Å². The third kappa shape index (κ3) is 4.72. The molecule has 3 aromatic carbocycles. The molecule has 3 aromatic rings. The van der Waals surface area contributed by atoms with Gasteiger partial charge in [0, 0.05) is 29.4 Å². The van der Waals surface area contributed by atoms with E-state index in [1.807, 2.05) is 43.3 Å². The molecule has 6 heteroatoms. The zero-order chi connectivity index (χ0) is 21.7. The highest BCUT2D eigenvalue weighted by Gasteiger charge is 2.19. The normalized spacial score (nSPS) is 11.4. The summed E-state index contributed by atoms with van der Waals surface area (Å²) in [6.07, 6.45) is 0. The minimum atomic E-state index is -0.537. The van der Waals surface area contributed by atoms with Gasteiger partial charge in [0.1, 0.15) is 0 Å². The fraction of sp³-hybridized carbons (Fsp3) is 0.125. The highest BCUT2D eigenvalue weighted by Crippen LogP contribution is 2.24. The molecule has 3 N–H and O–H groups in total. The van der Waals surface area contributed by atoms with Crippen molar-refractivity contribution in [1.29, 1.82) is 0 Å². The van der Waals surface area contributed by atoms with Crippen LogP contribution in [0.3, 0.4) is 0 Å². The Labute approximate surface area is 175 Å². The summed E-state index contributed by atoms with van der Waals surface area (Å²) < 4.78 is 0. The number of nitrogens with two attached hydrogens (primary N) is 1. The topological polar surface area (TPSA) is 92.5 Å². The lowest BCUT2D eigenvalue weighted by Crippen LogP contribution is -2.29. The molecule has 3 rings (SSSR count). The molecule has 30 heavy (non-hydrogen) atoms. The Kier molecular flexibility index (Phi) is 6.27. The fourth-order valence-corrected chi connectivity index (χ4v) is 3.05. The van der Waals surface area contributed by atoms with Crippen LogP contribution in [0.2, 0.25) is 0 Å². The van der Waals surface area contributed by atoms with E-state index < -0.39 is 5.91 Å². The summed E-state index contributed by atoms with van der Waals surface area (Å²) in [7, 11) is 1.71. The first kappa shape index (κ1) is 20.8. The van der Waals surface area contributed by atoms with Crippen LogP contribution in [0, 0.1) is 0 Å². The Morgan fingerprint density at radius 1 is 0.833 bits per heavy atom. The lowest BCUT2D eigenvalue weighted by Gasteiger charge is -2.26. The number of primary amides is 1. The van der Waals surface area contributed by atoms with Gasteiger partial charge in [-0.3, -0.25) is 14.4 Å². The van der Waals surface area contributed by atoms with Gasteiger partial charge in [-0.2, -0.15) is 0 Å². The van der Waals surface area contributed by atoms with E-state index in [9.17, 15) is 14.4 Å². The van der Waals surface area contributed by atoms with Crippen molar-refractivity contribution in [1.82, 2.24) is 4.90 Å². The Balaban J connectivity index is 1.73. The lowest BCUT2D eigenvalue weighted by molar-refractivity contribution is 0.0742. The average molecular weight is 401 g/mol. The molecule has 0 aliphatic rings. The van der Waals surface area contributed by atoms with Gasteiger partial charge < -0.3 is 16.0 Å². The molecule has 1 unspecified atom stereocenters. The van der Waals surface area contributed by atoms with Crippen LogP contribution in [0.1, 0.15) is 49.6 Å². The van der Waals surface area contributed by atoms with Crippen molar-refractivity contribution in [2.75, 3.05) is 12.4 Å². The van der Waals surface area contributed by atoms with Crippen molar-refractivity contribution in [2.24, 2.45) is 5.73 Å². The van der Waals surface area contributed by atoms with Crippen molar-refractivity contribution < 1.29 is 14.4 Å². The second-order valence-corrected chi connectivity index (χ2v) is 6.98. The number of benzene rings is 3. The first-order valence-corrected chi connectivity index (χ1v) is 9.50. The van der Waals surface area contributed by atoms with Crippen molar-refractivity contribution in [3.05, 3.63) is 101 Å². The van der Waals surface area contributed by atoms with E-state index in [1.165, 1.54) is 12.1 Å². The predicted molar refractivity (Wildman–Crippen MR) is 116 cm³/mol. The summed E-state index contributed by atoms with van der Waals surface area (Å²) in [4.78, 5) is 38.0. The number of nitrogens with zero attached hydrogens (tertiary/aromatic N) is 1. The van der Waals surface area contributed by atoms with Gasteiger partial charge in [0.25, 0.3) is 11.8 Å². The molecule has 0 bridgehead atoms.